The quantitative estimate of drug-likeness (QED) is 0.506. The van der Waals surface area contributed by atoms with Gasteiger partial charge in [-0.2, -0.15) is 15.1 Å². The topological polar surface area (TPSA) is 122 Å². The van der Waals surface area contributed by atoms with Crippen LogP contribution in [-0.2, 0) is 7.05 Å². The van der Waals surface area contributed by atoms with Gasteiger partial charge in [-0.3, -0.25) is 4.68 Å². The van der Waals surface area contributed by atoms with Crippen LogP contribution >= 0.6 is 0 Å². The Labute approximate surface area is 178 Å². The third-order valence-electron chi connectivity index (χ3n) is 5.70. The number of nitrogen functional groups attached to an aromatic ring is 1. The largest absolute Gasteiger partial charge is 0.368 e. The zero-order valence-corrected chi connectivity index (χ0v) is 17.6. The van der Waals surface area contributed by atoms with Crippen molar-refractivity contribution < 1.29 is 4.79 Å². The van der Waals surface area contributed by atoms with E-state index in [1.807, 2.05) is 40.9 Å². The van der Waals surface area contributed by atoms with E-state index in [1.54, 1.807) is 17.1 Å². The minimum Gasteiger partial charge on any atom is -0.368 e. The van der Waals surface area contributed by atoms with Crippen LogP contribution in [0, 0.1) is 0 Å². The number of fused-ring (bicyclic) bond motifs is 2. The van der Waals surface area contributed by atoms with Gasteiger partial charge in [-0.05, 0) is 26.0 Å². The minimum atomic E-state index is -0.150. The Morgan fingerprint density at radius 3 is 2.71 bits per heavy atom. The van der Waals surface area contributed by atoms with Crippen LogP contribution in [-0.4, -0.2) is 65.2 Å². The number of carbonyl (C=O) groups is 1. The summed E-state index contributed by atoms with van der Waals surface area (Å²) in [6.07, 6.45) is 7.21. The van der Waals surface area contributed by atoms with Crippen molar-refractivity contribution in [2.45, 2.75) is 25.9 Å². The molecule has 1 aliphatic rings. The van der Waals surface area contributed by atoms with E-state index in [0.29, 0.717) is 30.1 Å². The lowest BCUT2D eigenvalue weighted by Crippen LogP contribution is -2.59. The van der Waals surface area contributed by atoms with Crippen LogP contribution in [0.2, 0.25) is 0 Å². The van der Waals surface area contributed by atoms with Crippen molar-refractivity contribution in [2.24, 2.45) is 7.05 Å². The Bertz CT molecular complexity index is 1270. The summed E-state index contributed by atoms with van der Waals surface area (Å²) in [4.78, 5) is 30.2. The van der Waals surface area contributed by atoms with Crippen molar-refractivity contribution in [1.82, 2.24) is 34.0 Å². The van der Waals surface area contributed by atoms with Crippen molar-refractivity contribution >= 4 is 40.2 Å². The number of piperazine rings is 1. The predicted octanol–water partition coefficient (Wildman–Crippen LogP) is 1.72. The minimum absolute atomic E-state index is 0.0226. The van der Waals surface area contributed by atoms with Crippen molar-refractivity contribution in [3.05, 3.63) is 36.9 Å². The molecule has 0 saturated carbocycles. The highest BCUT2D eigenvalue weighted by molar-refractivity contribution is 5.93. The molecule has 5 heterocycles. The summed E-state index contributed by atoms with van der Waals surface area (Å²) < 4.78 is 3.56. The van der Waals surface area contributed by atoms with Gasteiger partial charge in [0.1, 0.15) is 5.82 Å². The first kappa shape index (κ1) is 19.1. The number of hydrogen-bond donors (Lipinski definition) is 2. The Balaban J connectivity index is 1.39. The lowest BCUT2D eigenvalue weighted by Gasteiger charge is -2.45. The zero-order valence-electron chi connectivity index (χ0n) is 17.6. The Hall–Kier alpha value is -3.89. The van der Waals surface area contributed by atoms with Crippen LogP contribution in [0.1, 0.15) is 13.8 Å². The second-order valence-electron chi connectivity index (χ2n) is 7.93. The van der Waals surface area contributed by atoms with Gasteiger partial charge in [0.15, 0.2) is 11.3 Å². The van der Waals surface area contributed by atoms with E-state index in [1.165, 1.54) is 0 Å². The fourth-order valence-electron chi connectivity index (χ4n) is 4.37. The number of nitrogens with one attached hydrogen (secondary N) is 1. The van der Waals surface area contributed by atoms with E-state index in [4.69, 9.17) is 5.73 Å². The molecule has 1 aliphatic heterocycles. The second kappa shape index (κ2) is 7.11. The summed E-state index contributed by atoms with van der Waals surface area (Å²) in [5.74, 6) is 0.955. The average Bonchev–Trinajstić information content (AvgIpc) is 3.35. The molecule has 31 heavy (non-hydrogen) atoms. The number of nitrogens with two attached hydrogens (primary N) is 1. The molecule has 11 heteroatoms. The number of rotatable bonds is 2. The second-order valence-corrected chi connectivity index (χ2v) is 7.93. The summed E-state index contributed by atoms with van der Waals surface area (Å²) in [7, 11) is 1.83. The molecule has 0 spiro atoms. The van der Waals surface area contributed by atoms with E-state index in [9.17, 15) is 4.79 Å². The van der Waals surface area contributed by atoms with Crippen molar-refractivity contribution in [3.63, 3.8) is 0 Å². The maximum Gasteiger partial charge on any atom is 0.322 e. The number of imidazole rings is 1. The van der Waals surface area contributed by atoms with Crippen LogP contribution in [0.3, 0.4) is 0 Å². The number of anilines is 3. The Morgan fingerprint density at radius 1 is 1.16 bits per heavy atom. The highest BCUT2D eigenvalue weighted by Gasteiger charge is 2.34. The first-order valence-corrected chi connectivity index (χ1v) is 10.1. The molecule has 0 aromatic carbocycles. The monoisotopic (exact) mass is 420 g/mol. The average molecular weight is 420 g/mol. The number of carbonyl (C=O) groups excluding carboxylic acids is 1. The molecule has 4 aromatic heterocycles. The highest BCUT2D eigenvalue weighted by Crippen LogP contribution is 2.30. The summed E-state index contributed by atoms with van der Waals surface area (Å²) in [6, 6.07) is 3.63. The smallest absolute Gasteiger partial charge is 0.322 e. The molecule has 1 fully saturated rings. The van der Waals surface area contributed by atoms with Crippen LogP contribution in [0.25, 0.3) is 16.7 Å². The first-order chi connectivity index (χ1) is 14.9. The molecule has 2 atom stereocenters. The van der Waals surface area contributed by atoms with E-state index in [-0.39, 0.29) is 24.1 Å². The van der Waals surface area contributed by atoms with E-state index < -0.39 is 0 Å². The lowest BCUT2D eigenvalue weighted by molar-refractivity contribution is 0.189. The molecule has 0 bridgehead atoms. The van der Waals surface area contributed by atoms with Gasteiger partial charge in [0, 0.05) is 50.8 Å². The number of hydrogen-bond acceptors (Lipinski definition) is 7. The van der Waals surface area contributed by atoms with E-state index in [2.05, 4.69) is 44.1 Å². The normalized spacial score (nSPS) is 19.3. The number of aromatic nitrogens is 6. The fraction of sp³-hybridized carbons (Fsp3) is 0.350. The summed E-state index contributed by atoms with van der Waals surface area (Å²) in [5.41, 5.74) is 8.06. The lowest BCUT2D eigenvalue weighted by atomic mass is 10.1. The van der Waals surface area contributed by atoms with Gasteiger partial charge in [-0.1, -0.05) is 0 Å². The molecule has 1 saturated heterocycles. The van der Waals surface area contributed by atoms with Gasteiger partial charge in [-0.15, -0.1) is 0 Å². The molecule has 0 radical (unpaired) electrons. The van der Waals surface area contributed by atoms with Gasteiger partial charge in [0.2, 0.25) is 5.95 Å². The molecular weight excluding hydrogens is 396 g/mol. The van der Waals surface area contributed by atoms with Crippen LogP contribution in [0.5, 0.6) is 0 Å². The fourth-order valence-corrected chi connectivity index (χ4v) is 4.37. The van der Waals surface area contributed by atoms with Crippen LogP contribution in [0.15, 0.2) is 36.9 Å². The summed E-state index contributed by atoms with van der Waals surface area (Å²) in [5, 5.41) is 8.15. The molecule has 2 amide bonds. The maximum atomic E-state index is 13.0. The SMILES string of the molecule is C[C@H]1CN(C(=O)Nc2cccn3ccnc23)C[C@H](C)N1c1nc(N)nc2c1cnn2C. The predicted molar refractivity (Wildman–Crippen MR) is 118 cm³/mol. The third kappa shape index (κ3) is 3.18. The molecule has 5 rings (SSSR count). The third-order valence-corrected chi connectivity index (χ3v) is 5.70. The van der Waals surface area contributed by atoms with Crippen molar-refractivity contribution in [1.29, 1.82) is 0 Å². The van der Waals surface area contributed by atoms with Gasteiger partial charge < -0.3 is 25.3 Å². The standard InChI is InChI=1S/C20H24N10O/c1-12-10-29(20(31)24-15-5-4-7-28-8-6-22-18(15)28)11-13(2)30(12)17-14-9-23-27(3)16(14)25-19(21)26-17/h4-9,12-13H,10-11H2,1-3H3,(H,24,31)(H2,21,25,26)/t12-,13-/m0/s1. The van der Waals surface area contributed by atoms with Gasteiger partial charge >= 0.3 is 6.03 Å². The number of amides is 2. The molecule has 160 valence electrons. The Kier molecular flexibility index (Phi) is 4.38. The number of pyridine rings is 1. The summed E-state index contributed by atoms with van der Waals surface area (Å²) >= 11 is 0. The van der Waals surface area contributed by atoms with Gasteiger partial charge in [0.05, 0.1) is 17.3 Å². The van der Waals surface area contributed by atoms with E-state index >= 15 is 0 Å². The molecule has 0 unspecified atom stereocenters. The Morgan fingerprint density at radius 2 is 1.94 bits per heavy atom. The molecule has 11 nitrogen and oxygen atoms in total. The van der Waals surface area contributed by atoms with Gasteiger partial charge in [-0.25, -0.2) is 9.78 Å². The molecular formula is C20H24N10O. The van der Waals surface area contributed by atoms with Crippen LogP contribution in [0.4, 0.5) is 22.2 Å². The highest BCUT2D eigenvalue weighted by atomic mass is 16.2. The maximum absolute atomic E-state index is 13.0. The first-order valence-electron chi connectivity index (χ1n) is 10.1. The zero-order chi connectivity index (χ0) is 21.7. The van der Waals surface area contributed by atoms with Crippen LogP contribution < -0.4 is 16.0 Å². The molecule has 3 N–H and O–H groups in total. The molecule has 0 aliphatic carbocycles. The van der Waals surface area contributed by atoms with E-state index in [0.717, 1.165) is 11.2 Å². The van der Waals surface area contributed by atoms with Crippen molar-refractivity contribution in [3.8, 4) is 0 Å². The van der Waals surface area contributed by atoms with Gasteiger partial charge in [0.25, 0.3) is 0 Å². The number of urea groups is 1. The van der Waals surface area contributed by atoms with Crippen molar-refractivity contribution in [2.75, 3.05) is 29.0 Å². The summed E-state index contributed by atoms with van der Waals surface area (Å²) in [6.45, 7) is 5.23. The number of nitrogens with zero attached hydrogens (tertiary/aromatic N) is 8. The molecule has 4 aromatic rings. The number of aryl methyl sites for hydroxylation is 1.